The lowest BCUT2D eigenvalue weighted by Crippen LogP contribution is -2.26. The number of hydrogen-bond acceptors (Lipinski definition) is 5. The molecule has 1 aliphatic rings. The highest BCUT2D eigenvalue weighted by molar-refractivity contribution is 7.17. The Labute approximate surface area is 178 Å². The molecule has 1 N–H and O–H groups in total. The maximum Gasteiger partial charge on any atom is 0.137 e. The molecule has 1 atom stereocenters. The SMILES string of the molecule is c1ncc2scc(-c3cnc4cc(-c5ccc(C6CCCCN6)cc5)ccn34)c2n1. The van der Waals surface area contributed by atoms with Gasteiger partial charge in [0, 0.05) is 29.4 Å². The monoisotopic (exact) mass is 411 g/mol. The largest absolute Gasteiger partial charge is 0.310 e. The van der Waals surface area contributed by atoms with E-state index in [4.69, 9.17) is 0 Å². The highest BCUT2D eigenvalue weighted by Gasteiger charge is 2.15. The van der Waals surface area contributed by atoms with Crippen molar-refractivity contribution in [2.24, 2.45) is 0 Å². The van der Waals surface area contributed by atoms with Crippen molar-refractivity contribution in [3.05, 3.63) is 72.3 Å². The number of aromatic nitrogens is 4. The van der Waals surface area contributed by atoms with E-state index in [1.165, 1.54) is 36.0 Å². The molecule has 6 heteroatoms. The molecule has 0 amide bonds. The molecule has 5 heterocycles. The summed E-state index contributed by atoms with van der Waals surface area (Å²) in [6.07, 6.45) is 11.3. The van der Waals surface area contributed by atoms with Gasteiger partial charge in [-0.1, -0.05) is 30.7 Å². The van der Waals surface area contributed by atoms with Crippen LogP contribution in [0.25, 0.3) is 38.2 Å². The number of benzene rings is 1. The summed E-state index contributed by atoms with van der Waals surface area (Å²) >= 11 is 1.66. The minimum Gasteiger partial charge on any atom is -0.310 e. The molecule has 148 valence electrons. The fraction of sp³-hybridized carbons (Fsp3) is 0.208. The van der Waals surface area contributed by atoms with Crippen LogP contribution in [0.4, 0.5) is 0 Å². The Morgan fingerprint density at radius 3 is 2.80 bits per heavy atom. The van der Waals surface area contributed by atoms with Crippen LogP contribution in [-0.4, -0.2) is 25.9 Å². The summed E-state index contributed by atoms with van der Waals surface area (Å²) in [6, 6.07) is 13.8. The van der Waals surface area contributed by atoms with E-state index in [0.717, 1.165) is 33.7 Å². The number of hydrogen-bond donors (Lipinski definition) is 1. The van der Waals surface area contributed by atoms with Gasteiger partial charge in [-0.2, -0.15) is 0 Å². The second kappa shape index (κ2) is 7.31. The average Bonchev–Trinajstić information content (AvgIpc) is 3.43. The number of fused-ring (bicyclic) bond motifs is 2. The van der Waals surface area contributed by atoms with E-state index in [1.807, 2.05) is 12.4 Å². The van der Waals surface area contributed by atoms with Crippen molar-refractivity contribution in [3.63, 3.8) is 0 Å². The number of pyridine rings is 1. The van der Waals surface area contributed by atoms with Crippen LogP contribution in [0.2, 0.25) is 0 Å². The summed E-state index contributed by atoms with van der Waals surface area (Å²) < 4.78 is 3.22. The van der Waals surface area contributed by atoms with Crippen molar-refractivity contribution in [2.75, 3.05) is 6.54 Å². The number of thiophene rings is 1. The first-order chi connectivity index (χ1) is 14.9. The van der Waals surface area contributed by atoms with Crippen LogP contribution in [0.15, 0.2) is 66.7 Å². The summed E-state index contributed by atoms with van der Waals surface area (Å²) in [5, 5.41) is 5.76. The van der Waals surface area contributed by atoms with E-state index in [9.17, 15) is 0 Å². The second-order valence-electron chi connectivity index (χ2n) is 7.80. The number of nitrogens with one attached hydrogen (secondary N) is 1. The van der Waals surface area contributed by atoms with Crippen molar-refractivity contribution >= 4 is 27.2 Å². The molecule has 1 unspecified atom stereocenters. The molecular weight excluding hydrogens is 390 g/mol. The van der Waals surface area contributed by atoms with E-state index in [2.05, 4.69) is 72.6 Å². The van der Waals surface area contributed by atoms with Gasteiger partial charge in [-0.05, 0) is 48.2 Å². The van der Waals surface area contributed by atoms with Crippen LogP contribution in [0, 0.1) is 0 Å². The van der Waals surface area contributed by atoms with E-state index in [-0.39, 0.29) is 0 Å². The Balaban J connectivity index is 1.34. The third-order valence-corrected chi connectivity index (χ3v) is 6.89. The molecule has 1 aromatic carbocycles. The van der Waals surface area contributed by atoms with Gasteiger partial charge in [-0.15, -0.1) is 11.3 Å². The van der Waals surface area contributed by atoms with Gasteiger partial charge in [0.25, 0.3) is 0 Å². The first-order valence-electron chi connectivity index (χ1n) is 10.4. The van der Waals surface area contributed by atoms with Gasteiger partial charge >= 0.3 is 0 Å². The third kappa shape index (κ3) is 3.00. The second-order valence-corrected chi connectivity index (χ2v) is 8.71. The molecule has 0 saturated carbocycles. The van der Waals surface area contributed by atoms with E-state index < -0.39 is 0 Å². The lowest BCUT2D eigenvalue weighted by molar-refractivity contribution is 0.412. The highest BCUT2D eigenvalue weighted by atomic mass is 32.1. The average molecular weight is 412 g/mol. The molecule has 1 fully saturated rings. The molecule has 0 aliphatic carbocycles. The van der Waals surface area contributed by atoms with Crippen LogP contribution in [0.1, 0.15) is 30.9 Å². The molecule has 1 aliphatic heterocycles. The topological polar surface area (TPSA) is 55.1 Å². The van der Waals surface area contributed by atoms with Gasteiger partial charge in [0.15, 0.2) is 0 Å². The lowest BCUT2D eigenvalue weighted by Gasteiger charge is -2.24. The molecule has 6 rings (SSSR count). The molecule has 0 spiro atoms. The van der Waals surface area contributed by atoms with Crippen molar-refractivity contribution < 1.29 is 0 Å². The molecular formula is C24H21N5S. The van der Waals surface area contributed by atoms with Gasteiger partial charge in [-0.3, -0.25) is 4.40 Å². The zero-order valence-corrected chi connectivity index (χ0v) is 17.3. The van der Waals surface area contributed by atoms with Crippen molar-refractivity contribution in [1.29, 1.82) is 0 Å². The Morgan fingerprint density at radius 1 is 1.00 bits per heavy atom. The first-order valence-corrected chi connectivity index (χ1v) is 11.2. The van der Waals surface area contributed by atoms with Gasteiger partial charge in [-0.25, -0.2) is 15.0 Å². The summed E-state index contributed by atoms with van der Waals surface area (Å²) in [7, 11) is 0. The van der Waals surface area contributed by atoms with Crippen molar-refractivity contribution in [1.82, 2.24) is 24.7 Å². The van der Waals surface area contributed by atoms with Crippen molar-refractivity contribution in [3.8, 4) is 22.4 Å². The van der Waals surface area contributed by atoms with Crippen LogP contribution < -0.4 is 5.32 Å². The summed E-state index contributed by atoms with van der Waals surface area (Å²) in [5.74, 6) is 0. The predicted molar refractivity (Wildman–Crippen MR) is 122 cm³/mol. The normalized spacial score (nSPS) is 17.0. The minimum atomic E-state index is 0.495. The van der Waals surface area contributed by atoms with Gasteiger partial charge < -0.3 is 5.32 Å². The van der Waals surface area contributed by atoms with Crippen LogP contribution in [-0.2, 0) is 0 Å². The Hall–Kier alpha value is -3.09. The molecule has 0 bridgehead atoms. The smallest absolute Gasteiger partial charge is 0.137 e. The van der Waals surface area contributed by atoms with E-state index >= 15 is 0 Å². The summed E-state index contributed by atoms with van der Waals surface area (Å²) in [5.41, 5.74) is 7.86. The number of rotatable bonds is 3. The Morgan fingerprint density at radius 2 is 1.93 bits per heavy atom. The molecule has 5 aromatic rings. The van der Waals surface area contributed by atoms with Gasteiger partial charge in [0.05, 0.1) is 22.1 Å². The van der Waals surface area contributed by atoms with Gasteiger partial charge in [0.2, 0.25) is 0 Å². The fourth-order valence-electron chi connectivity index (χ4n) is 4.37. The summed E-state index contributed by atoms with van der Waals surface area (Å²) in [6.45, 7) is 1.12. The quantitative estimate of drug-likeness (QED) is 0.427. The molecule has 30 heavy (non-hydrogen) atoms. The first kappa shape index (κ1) is 17.7. The molecule has 4 aromatic heterocycles. The minimum absolute atomic E-state index is 0.495. The maximum atomic E-state index is 4.67. The van der Waals surface area contributed by atoms with Crippen LogP contribution >= 0.6 is 11.3 Å². The lowest BCUT2D eigenvalue weighted by atomic mass is 9.95. The third-order valence-electron chi connectivity index (χ3n) is 5.98. The van der Waals surface area contributed by atoms with Gasteiger partial charge in [0.1, 0.15) is 12.0 Å². The maximum absolute atomic E-state index is 4.67. The Bertz CT molecular complexity index is 1330. The molecule has 1 saturated heterocycles. The highest BCUT2D eigenvalue weighted by Crippen LogP contribution is 2.33. The summed E-state index contributed by atoms with van der Waals surface area (Å²) in [4.78, 5) is 13.3. The zero-order valence-electron chi connectivity index (χ0n) is 16.5. The molecule has 0 radical (unpaired) electrons. The standard InChI is InChI=1S/C24H21N5S/c1-2-9-26-20(3-1)17-6-4-16(5-7-17)18-8-10-29-21(12-27-23(29)11-18)19-14-30-22-13-25-15-28-24(19)22/h4-8,10-15,20,26H,1-3,9H2. The Kier molecular flexibility index (Phi) is 4.32. The number of piperidine rings is 1. The predicted octanol–water partition coefficient (Wildman–Crippen LogP) is 5.49. The van der Waals surface area contributed by atoms with Crippen LogP contribution in [0.3, 0.4) is 0 Å². The number of nitrogens with zero attached hydrogens (tertiary/aromatic N) is 4. The van der Waals surface area contributed by atoms with E-state index in [0.29, 0.717) is 6.04 Å². The fourth-order valence-corrected chi connectivity index (χ4v) is 5.24. The zero-order chi connectivity index (χ0) is 19.9. The number of imidazole rings is 1. The van der Waals surface area contributed by atoms with Crippen molar-refractivity contribution in [2.45, 2.75) is 25.3 Å². The van der Waals surface area contributed by atoms with Crippen LogP contribution in [0.5, 0.6) is 0 Å². The van der Waals surface area contributed by atoms with E-state index in [1.54, 1.807) is 17.7 Å². The molecule has 5 nitrogen and oxygen atoms in total.